The van der Waals surface area contributed by atoms with Crippen LogP contribution in [-0.4, -0.2) is 38.4 Å². The molecule has 1 aliphatic rings. The van der Waals surface area contributed by atoms with Crippen LogP contribution in [0.3, 0.4) is 0 Å². The Hall–Kier alpha value is -0.450. The van der Waals surface area contributed by atoms with E-state index in [1.54, 1.807) is 0 Å². The molecule has 0 amide bonds. The van der Waals surface area contributed by atoms with Gasteiger partial charge in [0, 0.05) is 6.61 Å². The lowest BCUT2D eigenvalue weighted by Gasteiger charge is -2.07. The van der Waals surface area contributed by atoms with E-state index in [2.05, 4.69) is 5.32 Å². The minimum absolute atomic E-state index is 0.171. The van der Waals surface area contributed by atoms with Crippen molar-refractivity contribution in [3.63, 3.8) is 0 Å². The molecular weight excluding hydrogens is 146 g/mol. The van der Waals surface area contributed by atoms with E-state index in [0.717, 1.165) is 6.29 Å². The average Bonchev–Trinajstić information content (AvgIpc) is 2.48. The average molecular weight is 159 g/mol. The highest BCUT2D eigenvalue weighted by atomic mass is 16.5. The molecule has 1 heterocycles. The Bertz CT molecular complexity index is 129. The number of aldehydes is 1. The van der Waals surface area contributed by atoms with E-state index in [9.17, 15) is 4.79 Å². The van der Waals surface area contributed by atoms with Crippen LogP contribution in [0.25, 0.3) is 0 Å². The molecule has 11 heavy (non-hydrogen) atoms. The van der Waals surface area contributed by atoms with Crippen molar-refractivity contribution in [1.29, 1.82) is 0 Å². The van der Waals surface area contributed by atoms with E-state index in [-0.39, 0.29) is 6.04 Å². The Kier molecular flexibility index (Phi) is 3.48. The van der Waals surface area contributed by atoms with E-state index < -0.39 is 6.23 Å². The van der Waals surface area contributed by atoms with E-state index in [1.165, 1.54) is 0 Å². The minimum Gasteiger partial charge on any atom is -0.380 e. The zero-order chi connectivity index (χ0) is 8.10. The summed E-state index contributed by atoms with van der Waals surface area (Å²) >= 11 is 0. The SMILES string of the molecule is CCOC[C@H]1COC(C=O)N1. The van der Waals surface area contributed by atoms with Crippen molar-refractivity contribution in [3.05, 3.63) is 0 Å². The molecule has 0 bridgehead atoms. The molecule has 1 N–H and O–H groups in total. The molecule has 1 unspecified atom stereocenters. The third kappa shape index (κ3) is 2.57. The van der Waals surface area contributed by atoms with Gasteiger partial charge in [0.15, 0.2) is 12.5 Å². The molecule has 4 nitrogen and oxygen atoms in total. The summed E-state index contributed by atoms with van der Waals surface area (Å²) < 4.78 is 10.2. The van der Waals surface area contributed by atoms with Crippen molar-refractivity contribution in [3.8, 4) is 0 Å². The summed E-state index contributed by atoms with van der Waals surface area (Å²) in [5.41, 5.74) is 0. The van der Waals surface area contributed by atoms with Crippen molar-refractivity contribution < 1.29 is 14.3 Å². The lowest BCUT2D eigenvalue weighted by Crippen LogP contribution is -2.34. The van der Waals surface area contributed by atoms with Crippen LogP contribution >= 0.6 is 0 Å². The third-order valence-electron chi connectivity index (χ3n) is 1.52. The second-order valence-corrected chi connectivity index (χ2v) is 2.41. The smallest absolute Gasteiger partial charge is 0.165 e. The van der Waals surface area contributed by atoms with Crippen LogP contribution in [0.4, 0.5) is 0 Å². The topological polar surface area (TPSA) is 47.6 Å². The predicted octanol–water partition coefficient (Wildman–Crippen LogP) is -0.464. The van der Waals surface area contributed by atoms with Crippen LogP contribution in [0, 0.1) is 0 Å². The number of hydrogen-bond donors (Lipinski definition) is 1. The van der Waals surface area contributed by atoms with Crippen LogP contribution in [0.2, 0.25) is 0 Å². The highest BCUT2D eigenvalue weighted by molar-refractivity contribution is 5.55. The van der Waals surface area contributed by atoms with Gasteiger partial charge in [-0.25, -0.2) is 0 Å². The number of hydrogen-bond acceptors (Lipinski definition) is 4. The van der Waals surface area contributed by atoms with Gasteiger partial charge in [0.05, 0.1) is 19.3 Å². The van der Waals surface area contributed by atoms with Crippen molar-refractivity contribution in [2.75, 3.05) is 19.8 Å². The van der Waals surface area contributed by atoms with E-state index >= 15 is 0 Å². The fourth-order valence-electron chi connectivity index (χ4n) is 0.983. The molecule has 1 rings (SSSR count). The zero-order valence-electron chi connectivity index (χ0n) is 6.58. The number of nitrogens with one attached hydrogen (secondary N) is 1. The van der Waals surface area contributed by atoms with Crippen LogP contribution < -0.4 is 5.32 Å². The second kappa shape index (κ2) is 4.43. The maximum atomic E-state index is 10.2. The Morgan fingerprint density at radius 2 is 2.64 bits per heavy atom. The molecule has 0 aromatic rings. The molecule has 0 aliphatic carbocycles. The molecule has 0 radical (unpaired) electrons. The van der Waals surface area contributed by atoms with Crippen LogP contribution in [-0.2, 0) is 14.3 Å². The summed E-state index contributed by atoms with van der Waals surface area (Å²) in [5, 5.41) is 2.96. The molecule has 0 saturated carbocycles. The molecule has 1 aliphatic heterocycles. The van der Waals surface area contributed by atoms with Gasteiger partial charge in [-0.15, -0.1) is 0 Å². The first-order valence-corrected chi connectivity index (χ1v) is 3.77. The van der Waals surface area contributed by atoms with Crippen LogP contribution in [0.15, 0.2) is 0 Å². The van der Waals surface area contributed by atoms with Gasteiger partial charge in [-0.2, -0.15) is 0 Å². The molecule has 0 spiro atoms. The van der Waals surface area contributed by atoms with Crippen molar-refractivity contribution >= 4 is 6.29 Å². The van der Waals surface area contributed by atoms with Crippen molar-refractivity contribution in [2.24, 2.45) is 0 Å². The molecule has 1 saturated heterocycles. The monoisotopic (exact) mass is 159 g/mol. The van der Waals surface area contributed by atoms with Gasteiger partial charge >= 0.3 is 0 Å². The minimum atomic E-state index is -0.430. The van der Waals surface area contributed by atoms with Gasteiger partial charge in [0.25, 0.3) is 0 Å². The van der Waals surface area contributed by atoms with Gasteiger partial charge in [0.2, 0.25) is 0 Å². The van der Waals surface area contributed by atoms with Crippen molar-refractivity contribution in [2.45, 2.75) is 19.2 Å². The maximum Gasteiger partial charge on any atom is 0.165 e. The largest absolute Gasteiger partial charge is 0.380 e. The Morgan fingerprint density at radius 1 is 1.82 bits per heavy atom. The first-order valence-electron chi connectivity index (χ1n) is 3.77. The summed E-state index contributed by atoms with van der Waals surface area (Å²) in [4.78, 5) is 10.2. The molecule has 2 atom stereocenters. The Morgan fingerprint density at radius 3 is 3.18 bits per heavy atom. The standard InChI is InChI=1S/C7H13NO3/c1-2-10-4-6-5-11-7(3-9)8-6/h3,6-8H,2,4-5H2,1H3/t6-,7?/m0/s1. The quantitative estimate of drug-likeness (QED) is 0.564. The van der Waals surface area contributed by atoms with E-state index in [1.807, 2.05) is 6.92 Å². The van der Waals surface area contributed by atoms with Gasteiger partial charge in [-0.05, 0) is 6.92 Å². The fraction of sp³-hybridized carbons (Fsp3) is 0.857. The molecule has 1 fully saturated rings. The fourth-order valence-corrected chi connectivity index (χ4v) is 0.983. The van der Waals surface area contributed by atoms with E-state index in [0.29, 0.717) is 19.8 Å². The van der Waals surface area contributed by atoms with Crippen LogP contribution in [0.5, 0.6) is 0 Å². The van der Waals surface area contributed by atoms with Gasteiger partial charge in [0.1, 0.15) is 0 Å². The summed E-state index contributed by atoms with van der Waals surface area (Å²) in [7, 11) is 0. The Balaban J connectivity index is 2.14. The summed E-state index contributed by atoms with van der Waals surface area (Å²) in [6.07, 6.45) is 0.326. The number of carbonyl (C=O) groups is 1. The third-order valence-corrected chi connectivity index (χ3v) is 1.52. The first-order chi connectivity index (χ1) is 5.36. The highest BCUT2D eigenvalue weighted by Crippen LogP contribution is 2.00. The Labute approximate surface area is 65.9 Å². The molecular formula is C7H13NO3. The lowest BCUT2D eigenvalue weighted by atomic mass is 10.3. The first kappa shape index (κ1) is 8.64. The van der Waals surface area contributed by atoms with Crippen LogP contribution in [0.1, 0.15) is 6.92 Å². The van der Waals surface area contributed by atoms with Crippen molar-refractivity contribution in [1.82, 2.24) is 5.32 Å². The lowest BCUT2D eigenvalue weighted by molar-refractivity contribution is -0.116. The summed E-state index contributed by atoms with van der Waals surface area (Å²) in [6.45, 7) is 3.81. The molecule has 4 heteroatoms. The predicted molar refractivity (Wildman–Crippen MR) is 39.2 cm³/mol. The molecule has 64 valence electrons. The normalized spacial score (nSPS) is 30.6. The highest BCUT2D eigenvalue weighted by Gasteiger charge is 2.23. The number of ether oxygens (including phenoxy) is 2. The number of carbonyl (C=O) groups excluding carboxylic acids is 1. The van der Waals surface area contributed by atoms with Gasteiger partial charge in [-0.1, -0.05) is 0 Å². The summed E-state index contributed by atoms with van der Waals surface area (Å²) in [5.74, 6) is 0. The molecule has 0 aromatic heterocycles. The second-order valence-electron chi connectivity index (χ2n) is 2.41. The molecule has 0 aromatic carbocycles. The number of rotatable bonds is 4. The van der Waals surface area contributed by atoms with Gasteiger partial charge in [-0.3, -0.25) is 10.1 Å². The summed E-state index contributed by atoms with van der Waals surface area (Å²) in [6, 6.07) is 0.171. The maximum absolute atomic E-state index is 10.2. The van der Waals surface area contributed by atoms with E-state index in [4.69, 9.17) is 9.47 Å². The van der Waals surface area contributed by atoms with Gasteiger partial charge < -0.3 is 9.47 Å². The zero-order valence-corrected chi connectivity index (χ0v) is 6.58.